The molecule has 146 valence electrons. The Kier molecular flexibility index (Phi) is 6.07. The number of benzene rings is 2. The van der Waals surface area contributed by atoms with E-state index in [0.717, 1.165) is 23.1 Å². The standard InChI is InChI=1S/C19H17Cl2N3O3S/c1-2-3-13-4-6-14(7-5-13)23-28(26,27)16-10-8-15(9-11-16)24-19(25)18(21)17(20)12-22-24/h4-12,23H,2-3H2,1H3. The quantitative estimate of drug-likeness (QED) is 0.623. The molecular formula is C19H17Cl2N3O3S. The van der Waals surface area contributed by atoms with Gasteiger partial charge >= 0.3 is 0 Å². The first-order chi connectivity index (χ1) is 13.3. The van der Waals surface area contributed by atoms with Gasteiger partial charge in [-0.25, -0.2) is 8.42 Å². The van der Waals surface area contributed by atoms with Crippen molar-refractivity contribution in [3.63, 3.8) is 0 Å². The summed E-state index contributed by atoms with van der Waals surface area (Å²) in [7, 11) is -3.77. The van der Waals surface area contributed by atoms with E-state index in [0.29, 0.717) is 11.4 Å². The monoisotopic (exact) mass is 437 g/mol. The average molecular weight is 438 g/mol. The van der Waals surface area contributed by atoms with Crippen LogP contribution in [0, 0.1) is 0 Å². The van der Waals surface area contributed by atoms with E-state index in [9.17, 15) is 13.2 Å². The van der Waals surface area contributed by atoms with Crippen LogP contribution in [0.25, 0.3) is 5.69 Å². The molecule has 0 amide bonds. The van der Waals surface area contributed by atoms with Crippen LogP contribution in [0.1, 0.15) is 18.9 Å². The molecule has 6 nitrogen and oxygen atoms in total. The van der Waals surface area contributed by atoms with Crippen molar-refractivity contribution in [2.75, 3.05) is 4.72 Å². The molecule has 0 atom stereocenters. The summed E-state index contributed by atoms with van der Waals surface area (Å²) >= 11 is 11.6. The summed E-state index contributed by atoms with van der Waals surface area (Å²) in [5.41, 5.74) is 1.40. The van der Waals surface area contributed by atoms with Crippen molar-refractivity contribution in [3.05, 3.63) is 80.7 Å². The lowest BCUT2D eigenvalue weighted by Gasteiger charge is -2.10. The first kappa shape index (κ1) is 20.4. The van der Waals surface area contributed by atoms with Gasteiger partial charge in [0.05, 0.1) is 21.8 Å². The van der Waals surface area contributed by atoms with Crippen LogP contribution < -0.4 is 10.3 Å². The first-order valence-corrected chi connectivity index (χ1v) is 10.7. The number of aryl methyl sites for hydroxylation is 1. The van der Waals surface area contributed by atoms with E-state index in [1.54, 1.807) is 12.1 Å². The zero-order chi connectivity index (χ0) is 20.3. The largest absolute Gasteiger partial charge is 0.291 e. The van der Waals surface area contributed by atoms with Crippen LogP contribution in [0.2, 0.25) is 10.0 Å². The number of nitrogens with one attached hydrogen (secondary N) is 1. The molecule has 0 aliphatic rings. The number of aromatic nitrogens is 2. The maximum Gasteiger partial charge on any atom is 0.291 e. The summed E-state index contributed by atoms with van der Waals surface area (Å²) in [6.45, 7) is 2.09. The molecule has 0 unspecified atom stereocenters. The summed E-state index contributed by atoms with van der Waals surface area (Å²) in [5.74, 6) is 0. The highest BCUT2D eigenvalue weighted by atomic mass is 35.5. The van der Waals surface area contributed by atoms with Gasteiger partial charge in [0.1, 0.15) is 5.02 Å². The second-order valence-electron chi connectivity index (χ2n) is 6.07. The highest BCUT2D eigenvalue weighted by Crippen LogP contribution is 2.20. The topological polar surface area (TPSA) is 81.1 Å². The van der Waals surface area contributed by atoms with Crippen molar-refractivity contribution in [3.8, 4) is 5.69 Å². The van der Waals surface area contributed by atoms with Crippen LogP contribution in [0.4, 0.5) is 5.69 Å². The van der Waals surface area contributed by atoms with Crippen LogP contribution in [-0.4, -0.2) is 18.2 Å². The summed E-state index contributed by atoms with van der Waals surface area (Å²) in [4.78, 5) is 12.2. The molecule has 0 fully saturated rings. The third-order valence-corrected chi connectivity index (χ3v) is 6.16. The van der Waals surface area contributed by atoms with E-state index in [1.807, 2.05) is 12.1 Å². The summed E-state index contributed by atoms with van der Waals surface area (Å²) in [5, 5.41) is 3.82. The average Bonchev–Trinajstić information content (AvgIpc) is 2.68. The number of nitrogens with zero attached hydrogens (tertiary/aromatic N) is 2. The minimum Gasteiger partial charge on any atom is -0.280 e. The number of rotatable bonds is 6. The molecule has 28 heavy (non-hydrogen) atoms. The number of halogens is 2. The van der Waals surface area contributed by atoms with Crippen LogP contribution in [-0.2, 0) is 16.4 Å². The van der Waals surface area contributed by atoms with Crippen LogP contribution in [0.5, 0.6) is 0 Å². The maximum absolute atomic E-state index is 12.6. The molecular weight excluding hydrogens is 421 g/mol. The van der Waals surface area contributed by atoms with Crippen LogP contribution >= 0.6 is 23.2 Å². The molecule has 0 spiro atoms. The van der Waals surface area contributed by atoms with E-state index >= 15 is 0 Å². The summed E-state index contributed by atoms with van der Waals surface area (Å²) < 4.78 is 28.8. The molecule has 0 aliphatic heterocycles. The lowest BCUT2D eigenvalue weighted by molar-refractivity contribution is 0.601. The van der Waals surface area contributed by atoms with Gasteiger partial charge in [-0.3, -0.25) is 9.52 Å². The van der Waals surface area contributed by atoms with Gasteiger partial charge in [-0.2, -0.15) is 9.78 Å². The van der Waals surface area contributed by atoms with Crippen molar-refractivity contribution >= 4 is 38.9 Å². The Balaban J connectivity index is 1.84. The predicted octanol–water partition coefficient (Wildman–Crippen LogP) is 4.29. The highest BCUT2D eigenvalue weighted by Gasteiger charge is 2.15. The fraction of sp³-hybridized carbons (Fsp3) is 0.158. The molecule has 0 radical (unpaired) electrons. The molecule has 0 bridgehead atoms. The third-order valence-electron chi connectivity index (χ3n) is 4.01. The van der Waals surface area contributed by atoms with Crippen molar-refractivity contribution in [2.24, 2.45) is 0 Å². The summed E-state index contributed by atoms with van der Waals surface area (Å²) in [6.07, 6.45) is 3.21. The van der Waals surface area contributed by atoms with E-state index in [4.69, 9.17) is 23.2 Å². The lowest BCUT2D eigenvalue weighted by atomic mass is 10.1. The molecule has 0 saturated heterocycles. The van der Waals surface area contributed by atoms with Gasteiger partial charge in [-0.05, 0) is 48.4 Å². The van der Waals surface area contributed by atoms with E-state index < -0.39 is 15.6 Å². The highest BCUT2D eigenvalue weighted by molar-refractivity contribution is 7.92. The van der Waals surface area contributed by atoms with Gasteiger partial charge in [0.2, 0.25) is 0 Å². The van der Waals surface area contributed by atoms with Crippen molar-refractivity contribution in [1.82, 2.24) is 9.78 Å². The molecule has 0 saturated carbocycles. The SMILES string of the molecule is CCCc1ccc(NS(=O)(=O)c2ccc(-n3ncc(Cl)c(Cl)c3=O)cc2)cc1. The van der Waals surface area contributed by atoms with E-state index in [-0.39, 0.29) is 14.9 Å². The molecule has 3 rings (SSSR count). The number of sulfonamides is 1. The van der Waals surface area contributed by atoms with Crippen LogP contribution in [0.3, 0.4) is 0 Å². The van der Waals surface area contributed by atoms with Crippen molar-refractivity contribution in [2.45, 2.75) is 24.7 Å². The second-order valence-corrected chi connectivity index (χ2v) is 8.54. The Bertz CT molecular complexity index is 1140. The molecule has 2 aromatic carbocycles. The van der Waals surface area contributed by atoms with Crippen molar-refractivity contribution < 1.29 is 8.42 Å². The Morgan fingerprint density at radius 3 is 2.29 bits per heavy atom. The number of hydrogen-bond donors (Lipinski definition) is 1. The molecule has 1 N–H and O–H groups in total. The minimum absolute atomic E-state index is 0.0521. The van der Waals surface area contributed by atoms with Gasteiger partial charge in [0.25, 0.3) is 15.6 Å². The Morgan fingerprint density at radius 2 is 1.68 bits per heavy atom. The third kappa shape index (κ3) is 4.38. The Labute approximate surface area is 172 Å². The lowest BCUT2D eigenvalue weighted by Crippen LogP contribution is -2.21. The molecule has 1 aromatic heterocycles. The second kappa shape index (κ2) is 8.34. The first-order valence-electron chi connectivity index (χ1n) is 8.47. The molecule has 9 heteroatoms. The van der Waals surface area contributed by atoms with Gasteiger partial charge in [0, 0.05) is 5.69 Å². The molecule has 3 aromatic rings. The minimum atomic E-state index is -3.77. The van der Waals surface area contributed by atoms with Crippen LogP contribution in [0.15, 0.2) is 64.4 Å². The normalized spacial score (nSPS) is 11.4. The Morgan fingerprint density at radius 1 is 1.04 bits per heavy atom. The maximum atomic E-state index is 12.6. The zero-order valence-electron chi connectivity index (χ0n) is 14.9. The van der Waals surface area contributed by atoms with E-state index in [2.05, 4.69) is 16.7 Å². The fourth-order valence-corrected chi connectivity index (χ4v) is 3.92. The smallest absolute Gasteiger partial charge is 0.280 e. The number of anilines is 1. The zero-order valence-corrected chi connectivity index (χ0v) is 17.2. The Hall–Kier alpha value is -2.35. The van der Waals surface area contributed by atoms with Gasteiger partial charge in [-0.1, -0.05) is 48.7 Å². The van der Waals surface area contributed by atoms with Gasteiger partial charge in [-0.15, -0.1) is 0 Å². The van der Waals surface area contributed by atoms with Gasteiger partial charge in [0.15, 0.2) is 0 Å². The van der Waals surface area contributed by atoms with Gasteiger partial charge < -0.3 is 0 Å². The molecule has 0 aliphatic carbocycles. The van der Waals surface area contributed by atoms with E-state index in [1.165, 1.54) is 30.5 Å². The predicted molar refractivity (Wildman–Crippen MR) is 111 cm³/mol. The summed E-state index contributed by atoms with van der Waals surface area (Å²) in [6, 6.07) is 13.0. The van der Waals surface area contributed by atoms with Crippen molar-refractivity contribution in [1.29, 1.82) is 0 Å². The fourth-order valence-electron chi connectivity index (χ4n) is 2.61. The molecule has 1 heterocycles. The number of hydrogen-bond acceptors (Lipinski definition) is 4.